The van der Waals surface area contributed by atoms with E-state index < -0.39 is 8.80 Å². The second-order valence-corrected chi connectivity index (χ2v) is 9.72. The van der Waals surface area contributed by atoms with Crippen LogP contribution in [-0.4, -0.2) is 33.5 Å². The van der Waals surface area contributed by atoms with E-state index in [4.69, 9.17) is 13.3 Å². The molecule has 120 valence electrons. The lowest BCUT2D eigenvalue weighted by Crippen LogP contribution is -2.47. The third-order valence-corrected chi connectivity index (χ3v) is 7.88. The molecule has 0 saturated heterocycles. The van der Waals surface area contributed by atoms with Crippen LogP contribution in [0.3, 0.4) is 0 Å². The topological polar surface area (TPSA) is 27.7 Å². The van der Waals surface area contributed by atoms with Gasteiger partial charge < -0.3 is 13.3 Å². The van der Waals surface area contributed by atoms with Crippen LogP contribution < -0.4 is 0 Å². The van der Waals surface area contributed by atoms with Gasteiger partial charge in [0.25, 0.3) is 0 Å². The minimum Gasteiger partial charge on any atom is -0.377 e. The summed E-state index contributed by atoms with van der Waals surface area (Å²) in [5, 5.41) is 0. The first-order valence-electron chi connectivity index (χ1n) is 8.16. The van der Waals surface area contributed by atoms with Crippen LogP contribution in [0.15, 0.2) is 0 Å². The maximum atomic E-state index is 6.43. The minimum atomic E-state index is -2.45. The molecule has 1 aliphatic carbocycles. The molecule has 0 heterocycles. The molecule has 0 amide bonds. The molecular weight excluding hydrogens is 336 g/mol. The second-order valence-electron chi connectivity index (χ2n) is 5.62. The van der Waals surface area contributed by atoms with Crippen LogP contribution in [0.4, 0.5) is 0 Å². The molecule has 20 heavy (non-hydrogen) atoms. The summed E-state index contributed by atoms with van der Waals surface area (Å²) >= 11 is 3.76. The standard InChI is InChI=1S/C15H31BrO3Si/c1-4-6-13-20(17-3,18-5-2)19-15-10-8-7-9-14(16)11-12-15/h14-15H,4-13H2,1-3H3. The largest absolute Gasteiger partial charge is 0.500 e. The van der Waals surface area contributed by atoms with Gasteiger partial charge in [-0.15, -0.1) is 0 Å². The molecule has 0 aromatic heterocycles. The summed E-state index contributed by atoms with van der Waals surface area (Å²) in [6, 6.07) is 0.947. The molecule has 0 radical (unpaired) electrons. The van der Waals surface area contributed by atoms with Crippen LogP contribution in [0.1, 0.15) is 65.2 Å². The molecule has 0 aromatic carbocycles. The summed E-state index contributed by atoms with van der Waals surface area (Å²) < 4.78 is 18.2. The fraction of sp³-hybridized carbons (Fsp3) is 1.00. The van der Waals surface area contributed by atoms with Gasteiger partial charge in [0.2, 0.25) is 0 Å². The average molecular weight is 367 g/mol. The molecule has 0 bridgehead atoms. The Bertz CT molecular complexity index is 255. The van der Waals surface area contributed by atoms with Crippen LogP contribution in [0.25, 0.3) is 0 Å². The van der Waals surface area contributed by atoms with E-state index in [1.54, 1.807) is 7.11 Å². The molecule has 5 heteroatoms. The van der Waals surface area contributed by atoms with E-state index in [1.807, 2.05) is 6.92 Å². The van der Waals surface area contributed by atoms with Crippen LogP contribution >= 0.6 is 15.9 Å². The third-order valence-electron chi connectivity index (χ3n) is 3.95. The Labute approximate surface area is 134 Å². The minimum absolute atomic E-state index is 0.311. The van der Waals surface area contributed by atoms with Gasteiger partial charge in [0.1, 0.15) is 0 Å². The number of unbranched alkanes of at least 4 members (excludes halogenated alkanes) is 1. The van der Waals surface area contributed by atoms with Gasteiger partial charge in [0, 0.05) is 30.7 Å². The lowest BCUT2D eigenvalue weighted by Gasteiger charge is -2.33. The number of rotatable bonds is 8. The maximum Gasteiger partial charge on any atom is 0.500 e. The van der Waals surface area contributed by atoms with Crippen molar-refractivity contribution in [3.63, 3.8) is 0 Å². The van der Waals surface area contributed by atoms with E-state index in [0.29, 0.717) is 17.5 Å². The average Bonchev–Trinajstić information content (AvgIpc) is 2.44. The van der Waals surface area contributed by atoms with Crippen molar-refractivity contribution < 1.29 is 13.3 Å². The molecule has 1 fully saturated rings. The van der Waals surface area contributed by atoms with Gasteiger partial charge in [-0.1, -0.05) is 42.1 Å². The van der Waals surface area contributed by atoms with Crippen molar-refractivity contribution in [1.82, 2.24) is 0 Å². The Hall–Kier alpha value is 0.577. The summed E-state index contributed by atoms with van der Waals surface area (Å²) in [5.74, 6) is 0. The van der Waals surface area contributed by atoms with Crippen molar-refractivity contribution in [3.05, 3.63) is 0 Å². The number of hydrogen-bond acceptors (Lipinski definition) is 3. The molecule has 3 nitrogen and oxygen atoms in total. The highest BCUT2D eigenvalue weighted by atomic mass is 79.9. The fourth-order valence-electron chi connectivity index (χ4n) is 2.75. The van der Waals surface area contributed by atoms with Crippen molar-refractivity contribution in [2.75, 3.05) is 13.7 Å². The molecule has 1 saturated carbocycles. The first kappa shape index (κ1) is 18.6. The van der Waals surface area contributed by atoms with Gasteiger partial charge in [-0.3, -0.25) is 0 Å². The first-order chi connectivity index (χ1) is 9.65. The first-order valence-corrected chi connectivity index (χ1v) is 11.0. The Balaban J connectivity index is 2.60. The fourth-order valence-corrected chi connectivity index (χ4v) is 6.06. The molecule has 0 aromatic rings. The summed E-state index contributed by atoms with van der Waals surface area (Å²) in [6.07, 6.45) is 9.88. The summed E-state index contributed by atoms with van der Waals surface area (Å²) in [4.78, 5) is 0.648. The second kappa shape index (κ2) is 10.3. The zero-order valence-corrected chi connectivity index (χ0v) is 15.9. The smallest absolute Gasteiger partial charge is 0.377 e. The summed E-state index contributed by atoms with van der Waals surface area (Å²) in [6.45, 7) is 4.91. The third kappa shape index (κ3) is 6.56. The van der Waals surface area contributed by atoms with Gasteiger partial charge in [-0.2, -0.15) is 0 Å². The highest BCUT2D eigenvalue weighted by Gasteiger charge is 2.41. The molecule has 3 atom stereocenters. The molecule has 0 N–H and O–H groups in total. The van der Waals surface area contributed by atoms with Crippen molar-refractivity contribution in [1.29, 1.82) is 0 Å². The van der Waals surface area contributed by atoms with E-state index in [0.717, 1.165) is 31.7 Å². The molecule has 0 spiro atoms. The summed E-state index contributed by atoms with van der Waals surface area (Å²) in [7, 11) is -0.696. The van der Waals surface area contributed by atoms with Crippen LogP contribution in [-0.2, 0) is 13.3 Å². The lowest BCUT2D eigenvalue weighted by molar-refractivity contribution is 0.0326. The van der Waals surface area contributed by atoms with Crippen LogP contribution in [0.2, 0.25) is 6.04 Å². The highest BCUT2D eigenvalue weighted by Crippen LogP contribution is 2.28. The maximum absolute atomic E-state index is 6.43. The van der Waals surface area contributed by atoms with Crippen LogP contribution in [0.5, 0.6) is 0 Å². The number of alkyl halides is 1. The zero-order chi connectivity index (χ0) is 14.8. The number of halogens is 1. The lowest BCUT2D eigenvalue weighted by atomic mass is 9.99. The van der Waals surface area contributed by atoms with Gasteiger partial charge in [0.15, 0.2) is 0 Å². The SMILES string of the molecule is CCCC[Si](OC)(OCC)OC1CCCCC(Br)CC1. The van der Waals surface area contributed by atoms with Crippen molar-refractivity contribution in [2.45, 2.75) is 82.2 Å². The van der Waals surface area contributed by atoms with Crippen LogP contribution in [0, 0.1) is 0 Å². The van der Waals surface area contributed by atoms with Crippen molar-refractivity contribution in [3.8, 4) is 0 Å². The van der Waals surface area contributed by atoms with Gasteiger partial charge in [-0.25, -0.2) is 0 Å². The molecule has 3 unspecified atom stereocenters. The van der Waals surface area contributed by atoms with E-state index in [2.05, 4.69) is 22.9 Å². The van der Waals surface area contributed by atoms with E-state index in [-0.39, 0.29) is 0 Å². The Morgan fingerprint density at radius 1 is 1.10 bits per heavy atom. The van der Waals surface area contributed by atoms with Gasteiger partial charge >= 0.3 is 8.80 Å². The Kier molecular flexibility index (Phi) is 9.62. The Morgan fingerprint density at radius 3 is 2.50 bits per heavy atom. The quantitative estimate of drug-likeness (QED) is 0.451. The summed E-state index contributed by atoms with van der Waals surface area (Å²) in [5.41, 5.74) is 0. The predicted octanol–water partition coefficient (Wildman–Crippen LogP) is 4.91. The predicted molar refractivity (Wildman–Crippen MR) is 89.4 cm³/mol. The monoisotopic (exact) mass is 366 g/mol. The molecule has 1 aliphatic rings. The normalized spacial score (nSPS) is 27.6. The molecule has 0 aliphatic heterocycles. The van der Waals surface area contributed by atoms with E-state index >= 15 is 0 Å². The molecular formula is C15H31BrO3Si. The highest BCUT2D eigenvalue weighted by molar-refractivity contribution is 9.09. The Morgan fingerprint density at radius 2 is 1.85 bits per heavy atom. The van der Waals surface area contributed by atoms with Crippen molar-refractivity contribution in [2.24, 2.45) is 0 Å². The van der Waals surface area contributed by atoms with Gasteiger partial charge in [0.05, 0.1) is 0 Å². The molecule has 1 rings (SSSR count). The zero-order valence-electron chi connectivity index (χ0n) is 13.3. The van der Waals surface area contributed by atoms with Crippen molar-refractivity contribution >= 4 is 24.7 Å². The number of hydrogen-bond donors (Lipinski definition) is 0. The van der Waals surface area contributed by atoms with Gasteiger partial charge in [-0.05, 0) is 39.0 Å². The van der Waals surface area contributed by atoms with E-state index in [1.165, 1.54) is 25.7 Å². The van der Waals surface area contributed by atoms with E-state index in [9.17, 15) is 0 Å².